The summed E-state index contributed by atoms with van der Waals surface area (Å²) in [5, 5.41) is 5.06. The van der Waals surface area contributed by atoms with E-state index in [-0.39, 0.29) is 5.41 Å². The van der Waals surface area contributed by atoms with Crippen LogP contribution in [0.1, 0.15) is 64.1 Å². The Bertz CT molecular complexity index is 1220. The first-order chi connectivity index (χ1) is 16.0. The van der Waals surface area contributed by atoms with Crippen molar-refractivity contribution in [3.63, 3.8) is 0 Å². The molecule has 5 nitrogen and oxygen atoms in total. The van der Waals surface area contributed by atoms with Gasteiger partial charge in [-0.1, -0.05) is 68.2 Å². The van der Waals surface area contributed by atoms with Gasteiger partial charge in [-0.15, -0.1) is 0 Å². The van der Waals surface area contributed by atoms with E-state index in [0.717, 1.165) is 22.5 Å². The van der Waals surface area contributed by atoms with E-state index in [2.05, 4.69) is 44.9 Å². The number of amidine groups is 1. The number of aromatic nitrogens is 2. The van der Waals surface area contributed by atoms with E-state index < -0.39 is 11.1 Å². The predicted molar refractivity (Wildman–Crippen MR) is 139 cm³/mol. The number of halogens is 2. The van der Waals surface area contributed by atoms with E-state index in [1.54, 1.807) is 6.20 Å². The van der Waals surface area contributed by atoms with E-state index in [1.807, 2.05) is 55.5 Å². The summed E-state index contributed by atoms with van der Waals surface area (Å²) >= 11 is 12.4. The van der Waals surface area contributed by atoms with Crippen LogP contribution in [0.4, 0.5) is 0 Å². The average molecular weight is 497 g/mol. The smallest absolute Gasteiger partial charge is 0.227 e. The molecule has 3 aromatic rings. The molecule has 2 aromatic carbocycles. The highest BCUT2D eigenvalue weighted by Crippen LogP contribution is 2.48. The lowest BCUT2D eigenvalue weighted by Crippen LogP contribution is -2.50. The van der Waals surface area contributed by atoms with Crippen molar-refractivity contribution in [2.24, 2.45) is 4.99 Å². The first kappa shape index (κ1) is 24.5. The van der Waals surface area contributed by atoms with Gasteiger partial charge in [0, 0.05) is 21.7 Å². The van der Waals surface area contributed by atoms with E-state index in [9.17, 15) is 0 Å². The molecule has 0 radical (unpaired) electrons. The van der Waals surface area contributed by atoms with Crippen molar-refractivity contribution in [2.45, 2.75) is 58.0 Å². The van der Waals surface area contributed by atoms with Crippen LogP contribution in [0.5, 0.6) is 5.88 Å². The van der Waals surface area contributed by atoms with Crippen molar-refractivity contribution in [3.05, 3.63) is 87.3 Å². The third kappa shape index (κ3) is 4.27. The molecule has 2 heterocycles. The topological polar surface area (TPSA) is 59.4 Å². The molecule has 0 saturated carbocycles. The molecule has 0 spiro atoms. The molecule has 1 aromatic heterocycles. The molecule has 7 heteroatoms. The van der Waals surface area contributed by atoms with E-state index in [0.29, 0.717) is 28.4 Å². The minimum absolute atomic E-state index is 0.203. The molecule has 0 fully saturated rings. The summed E-state index contributed by atoms with van der Waals surface area (Å²) in [4.78, 5) is 14.7. The molecule has 0 bridgehead atoms. The first-order valence-electron chi connectivity index (χ1n) is 11.4. The van der Waals surface area contributed by atoms with Gasteiger partial charge >= 0.3 is 0 Å². The Morgan fingerprint density at radius 2 is 1.47 bits per heavy atom. The molecule has 1 aliphatic rings. The average Bonchev–Trinajstić information content (AvgIpc) is 3.06. The maximum Gasteiger partial charge on any atom is 0.227 e. The Kier molecular flexibility index (Phi) is 6.38. The van der Waals surface area contributed by atoms with Crippen LogP contribution in [0.25, 0.3) is 0 Å². The summed E-state index contributed by atoms with van der Waals surface area (Å²) in [5.41, 5.74) is 1.36. The lowest BCUT2D eigenvalue weighted by molar-refractivity contribution is 0.268. The maximum atomic E-state index is 6.20. The van der Waals surface area contributed by atoms with Gasteiger partial charge in [-0.3, -0.25) is 4.99 Å². The zero-order valence-electron chi connectivity index (χ0n) is 20.4. The van der Waals surface area contributed by atoms with Crippen molar-refractivity contribution in [1.82, 2.24) is 15.3 Å². The largest absolute Gasteiger partial charge is 0.477 e. The molecule has 4 rings (SSSR count). The molecule has 178 valence electrons. The van der Waals surface area contributed by atoms with Crippen LogP contribution >= 0.6 is 23.2 Å². The van der Waals surface area contributed by atoms with Crippen molar-refractivity contribution < 1.29 is 4.74 Å². The zero-order valence-corrected chi connectivity index (χ0v) is 21.9. The van der Waals surface area contributed by atoms with Crippen LogP contribution in [0.2, 0.25) is 10.0 Å². The molecule has 1 aliphatic heterocycles. The van der Waals surface area contributed by atoms with Gasteiger partial charge in [0.05, 0.1) is 17.7 Å². The third-order valence-electron chi connectivity index (χ3n) is 6.47. The van der Waals surface area contributed by atoms with Crippen LogP contribution in [-0.4, -0.2) is 22.4 Å². The van der Waals surface area contributed by atoms with E-state index in [1.165, 1.54) is 0 Å². The molecule has 0 aliphatic carbocycles. The molecule has 0 saturated heterocycles. The van der Waals surface area contributed by atoms with E-state index >= 15 is 0 Å². The van der Waals surface area contributed by atoms with Crippen LogP contribution in [0.3, 0.4) is 0 Å². The highest BCUT2D eigenvalue weighted by molar-refractivity contribution is 6.30. The Morgan fingerprint density at radius 1 is 0.912 bits per heavy atom. The van der Waals surface area contributed by atoms with Crippen LogP contribution in [0.15, 0.2) is 59.7 Å². The van der Waals surface area contributed by atoms with Gasteiger partial charge in [-0.2, -0.15) is 4.98 Å². The second kappa shape index (κ2) is 8.86. The number of ether oxygens (including phenoxy) is 1. The summed E-state index contributed by atoms with van der Waals surface area (Å²) in [6, 6.07) is 15.7. The summed E-state index contributed by atoms with van der Waals surface area (Å²) in [6.07, 6.45) is 1.81. The number of hydrogen-bond acceptors (Lipinski definition) is 5. The Balaban J connectivity index is 1.90. The highest BCUT2D eigenvalue weighted by Gasteiger charge is 2.52. The van der Waals surface area contributed by atoms with Crippen LogP contribution in [0, 0.1) is 0 Å². The first-order valence-corrected chi connectivity index (χ1v) is 12.1. The molecular weight excluding hydrogens is 467 g/mol. The second-order valence-electron chi connectivity index (χ2n) is 9.89. The fraction of sp³-hybridized carbons (Fsp3) is 0.370. The lowest BCUT2D eigenvalue weighted by atomic mass is 9.72. The number of rotatable bonds is 5. The van der Waals surface area contributed by atoms with Gasteiger partial charge < -0.3 is 10.1 Å². The Labute approximate surface area is 211 Å². The van der Waals surface area contributed by atoms with Crippen molar-refractivity contribution in [2.75, 3.05) is 6.61 Å². The van der Waals surface area contributed by atoms with Gasteiger partial charge in [-0.05, 0) is 56.2 Å². The summed E-state index contributed by atoms with van der Waals surface area (Å²) in [7, 11) is 0. The monoisotopic (exact) mass is 496 g/mol. The molecule has 0 amide bonds. The van der Waals surface area contributed by atoms with Gasteiger partial charge in [-0.25, -0.2) is 4.98 Å². The fourth-order valence-corrected chi connectivity index (χ4v) is 4.50. The highest BCUT2D eigenvalue weighted by atomic mass is 35.5. The lowest BCUT2D eigenvalue weighted by Gasteiger charge is -2.40. The SMILES string of the molecule is CCOc1nc(C(C)(C)C)ncc1C1=NC(C)(c2ccc(Cl)cc2)C(C)(c2ccc(Cl)cc2)N1. The quantitative estimate of drug-likeness (QED) is 0.428. The van der Waals surface area contributed by atoms with Gasteiger partial charge in [0.25, 0.3) is 0 Å². The summed E-state index contributed by atoms with van der Waals surface area (Å²) in [6.45, 7) is 12.9. The summed E-state index contributed by atoms with van der Waals surface area (Å²) < 4.78 is 5.96. The predicted octanol–water partition coefficient (Wildman–Crippen LogP) is 6.66. The van der Waals surface area contributed by atoms with Crippen molar-refractivity contribution in [3.8, 4) is 5.88 Å². The second-order valence-corrected chi connectivity index (χ2v) is 10.8. The van der Waals surface area contributed by atoms with Crippen LogP contribution in [-0.2, 0) is 16.5 Å². The number of nitrogens with zero attached hydrogens (tertiary/aromatic N) is 3. The molecule has 2 unspecified atom stereocenters. The van der Waals surface area contributed by atoms with E-state index in [4.69, 9.17) is 37.9 Å². The molecule has 34 heavy (non-hydrogen) atoms. The number of benzene rings is 2. The van der Waals surface area contributed by atoms with Gasteiger partial charge in [0.2, 0.25) is 5.88 Å². The number of aliphatic imine (C=N–C) groups is 1. The molecular formula is C27H30Cl2N4O. The molecule has 2 atom stereocenters. The third-order valence-corrected chi connectivity index (χ3v) is 6.97. The normalized spacial score (nSPS) is 22.3. The van der Waals surface area contributed by atoms with Gasteiger partial charge in [0.1, 0.15) is 17.2 Å². The van der Waals surface area contributed by atoms with Crippen molar-refractivity contribution in [1.29, 1.82) is 0 Å². The number of hydrogen-bond donors (Lipinski definition) is 1. The summed E-state index contributed by atoms with van der Waals surface area (Å²) in [5.74, 6) is 1.92. The minimum atomic E-state index is -0.660. The standard InChI is InChI=1S/C27H30Cl2N4O/c1-7-34-23-21(16-30-24(31-23)25(2,3)4)22-32-26(5,17-8-12-19(28)13-9-17)27(6,33-22)18-10-14-20(29)15-11-18/h8-16H,7H2,1-6H3,(H,32,33). The van der Waals surface area contributed by atoms with Crippen molar-refractivity contribution >= 4 is 29.0 Å². The van der Waals surface area contributed by atoms with Crippen LogP contribution < -0.4 is 10.1 Å². The minimum Gasteiger partial charge on any atom is -0.477 e. The Morgan fingerprint density at radius 3 is 2.00 bits per heavy atom. The fourth-order valence-electron chi connectivity index (χ4n) is 4.25. The Hall–Kier alpha value is -2.63. The maximum absolute atomic E-state index is 6.20. The zero-order chi connectivity index (χ0) is 24.7. The molecule has 1 N–H and O–H groups in total. The number of nitrogens with one attached hydrogen (secondary N) is 1. The van der Waals surface area contributed by atoms with Gasteiger partial charge in [0.15, 0.2) is 0 Å².